The zero-order valence-corrected chi connectivity index (χ0v) is 16.6. The molecule has 1 saturated heterocycles. The van der Waals surface area contributed by atoms with Gasteiger partial charge in [-0.25, -0.2) is 4.99 Å². The third kappa shape index (κ3) is 3.40. The second kappa shape index (κ2) is 7.46. The van der Waals surface area contributed by atoms with Crippen molar-refractivity contribution in [2.24, 2.45) is 28.7 Å². The van der Waals surface area contributed by atoms with Crippen molar-refractivity contribution in [3.8, 4) is 0 Å². The number of carbonyl (C=O) groups excluding carboxylic acids is 2. The summed E-state index contributed by atoms with van der Waals surface area (Å²) in [4.78, 5) is 33.9. The molecule has 0 aromatic carbocycles. The molecule has 2 amide bonds. The highest BCUT2D eigenvalue weighted by molar-refractivity contribution is 7.11. The first-order valence-electron chi connectivity index (χ1n) is 9.69. The van der Waals surface area contributed by atoms with Gasteiger partial charge < -0.3 is 10.6 Å². The summed E-state index contributed by atoms with van der Waals surface area (Å²) in [5.74, 6) is 1.04. The second-order valence-electron chi connectivity index (χ2n) is 7.46. The van der Waals surface area contributed by atoms with Crippen LogP contribution in [-0.2, 0) is 16.1 Å². The maximum absolute atomic E-state index is 12.7. The van der Waals surface area contributed by atoms with Gasteiger partial charge in [0.2, 0.25) is 11.8 Å². The van der Waals surface area contributed by atoms with Crippen molar-refractivity contribution in [2.45, 2.75) is 26.8 Å². The first kappa shape index (κ1) is 18.2. The van der Waals surface area contributed by atoms with Gasteiger partial charge in [-0.15, -0.1) is 11.3 Å². The van der Waals surface area contributed by atoms with Crippen LogP contribution in [0.3, 0.4) is 0 Å². The third-order valence-electron chi connectivity index (χ3n) is 5.72. The number of likely N-dealkylation sites (tertiary alicyclic amines) is 1. The second-order valence-corrected chi connectivity index (χ2v) is 8.83. The molecule has 4 unspecified atom stereocenters. The number of rotatable bonds is 6. The van der Waals surface area contributed by atoms with Gasteiger partial charge in [0.15, 0.2) is 5.96 Å². The van der Waals surface area contributed by atoms with Crippen LogP contribution >= 0.6 is 11.3 Å². The molecule has 2 aliphatic carbocycles. The van der Waals surface area contributed by atoms with Crippen molar-refractivity contribution in [2.75, 3.05) is 19.6 Å². The smallest absolute Gasteiger partial charge is 0.233 e. The molecule has 2 heterocycles. The maximum Gasteiger partial charge on any atom is 0.233 e. The molecule has 27 heavy (non-hydrogen) atoms. The Hall–Kier alpha value is -2.15. The van der Waals surface area contributed by atoms with E-state index in [1.165, 1.54) is 14.7 Å². The van der Waals surface area contributed by atoms with E-state index in [1.807, 2.05) is 6.92 Å². The number of hydrogen-bond acceptors (Lipinski definition) is 4. The number of allylic oxidation sites excluding steroid dienone is 2. The molecule has 2 bridgehead atoms. The average molecular weight is 387 g/mol. The summed E-state index contributed by atoms with van der Waals surface area (Å²) < 4.78 is 0. The SMILES string of the molecule is CCNC(=NCc1ccc(C)s1)NCCN1C(=O)C2C3C=CC(C3)C2C1=O. The monoisotopic (exact) mass is 386 g/mol. The van der Waals surface area contributed by atoms with Crippen molar-refractivity contribution in [3.05, 3.63) is 34.0 Å². The van der Waals surface area contributed by atoms with E-state index in [4.69, 9.17) is 0 Å². The molecule has 1 aliphatic heterocycles. The zero-order chi connectivity index (χ0) is 19.0. The van der Waals surface area contributed by atoms with Crippen molar-refractivity contribution < 1.29 is 9.59 Å². The summed E-state index contributed by atoms with van der Waals surface area (Å²) in [7, 11) is 0. The van der Waals surface area contributed by atoms with E-state index < -0.39 is 0 Å². The summed E-state index contributed by atoms with van der Waals surface area (Å²) in [6, 6.07) is 4.19. The molecule has 7 heteroatoms. The number of imide groups is 1. The van der Waals surface area contributed by atoms with Crippen molar-refractivity contribution in [3.63, 3.8) is 0 Å². The Balaban J connectivity index is 1.32. The largest absolute Gasteiger partial charge is 0.357 e. The van der Waals surface area contributed by atoms with Crippen LogP contribution in [0.5, 0.6) is 0 Å². The minimum Gasteiger partial charge on any atom is -0.357 e. The molecule has 4 rings (SSSR count). The third-order valence-corrected chi connectivity index (χ3v) is 6.71. The predicted molar refractivity (Wildman–Crippen MR) is 106 cm³/mol. The molecular weight excluding hydrogens is 360 g/mol. The van der Waals surface area contributed by atoms with Crippen LogP contribution in [0, 0.1) is 30.6 Å². The number of guanidine groups is 1. The number of hydrogen-bond donors (Lipinski definition) is 2. The molecule has 2 fully saturated rings. The zero-order valence-electron chi connectivity index (χ0n) is 15.8. The van der Waals surface area contributed by atoms with Crippen LogP contribution < -0.4 is 10.6 Å². The molecule has 0 radical (unpaired) electrons. The van der Waals surface area contributed by atoms with Crippen molar-refractivity contribution in [1.29, 1.82) is 0 Å². The Kier molecular flexibility index (Phi) is 5.04. The topological polar surface area (TPSA) is 73.8 Å². The van der Waals surface area contributed by atoms with Crippen LogP contribution in [0.4, 0.5) is 0 Å². The number of aliphatic imine (C=N–C) groups is 1. The number of carbonyl (C=O) groups is 2. The first-order valence-corrected chi connectivity index (χ1v) is 10.5. The van der Waals surface area contributed by atoms with Gasteiger partial charge in [-0.05, 0) is 44.2 Å². The standard InChI is InChI=1S/C20H26N4O2S/c1-3-21-20(23-11-15-7-4-12(2)27-15)22-8-9-24-18(25)16-13-5-6-14(10-13)17(16)19(24)26/h4-7,13-14,16-17H,3,8-11H2,1-2H3,(H2,21,22,23). The van der Waals surface area contributed by atoms with Gasteiger partial charge in [-0.3, -0.25) is 14.5 Å². The molecule has 4 atom stereocenters. The van der Waals surface area contributed by atoms with E-state index in [1.54, 1.807) is 11.3 Å². The van der Waals surface area contributed by atoms with Crippen molar-refractivity contribution in [1.82, 2.24) is 15.5 Å². The van der Waals surface area contributed by atoms with Crippen molar-refractivity contribution >= 4 is 29.1 Å². The van der Waals surface area contributed by atoms with Gasteiger partial charge in [-0.2, -0.15) is 0 Å². The fourth-order valence-corrected chi connectivity index (χ4v) is 5.35. The Bertz CT molecular complexity index is 770. The predicted octanol–water partition coefficient (Wildman–Crippen LogP) is 1.92. The molecule has 1 aromatic rings. The number of amides is 2. The quantitative estimate of drug-likeness (QED) is 0.339. The molecule has 6 nitrogen and oxygen atoms in total. The molecule has 2 N–H and O–H groups in total. The van der Waals surface area contributed by atoms with Crippen LogP contribution in [-0.4, -0.2) is 42.3 Å². The summed E-state index contributed by atoms with van der Waals surface area (Å²) in [5, 5.41) is 6.47. The lowest BCUT2D eigenvalue weighted by atomic mass is 9.85. The number of nitrogens with one attached hydrogen (secondary N) is 2. The highest BCUT2D eigenvalue weighted by Crippen LogP contribution is 2.52. The molecule has 144 valence electrons. The highest BCUT2D eigenvalue weighted by atomic mass is 32.1. The van der Waals surface area contributed by atoms with E-state index >= 15 is 0 Å². The van der Waals surface area contributed by atoms with E-state index in [2.05, 4.69) is 46.8 Å². The van der Waals surface area contributed by atoms with Crippen LogP contribution in [0.1, 0.15) is 23.1 Å². The molecular formula is C20H26N4O2S. The Morgan fingerprint density at radius 3 is 2.48 bits per heavy atom. The van der Waals surface area contributed by atoms with Gasteiger partial charge in [0.05, 0.1) is 18.4 Å². The van der Waals surface area contributed by atoms with Gasteiger partial charge in [0.25, 0.3) is 0 Å². The fraction of sp³-hybridized carbons (Fsp3) is 0.550. The average Bonchev–Trinajstić information content (AvgIpc) is 3.40. The summed E-state index contributed by atoms with van der Waals surface area (Å²) in [6.07, 6.45) is 5.22. The summed E-state index contributed by atoms with van der Waals surface area (Å²) in [5.41, 5.74) is 0. The van der Waals surface area contributed by atoms with E-state index in [0.29, 0.717) is 25.6 Å². The lowest BCUT2D eigenvalue weighted by Gasteiger charge is -2.18. The molecule has 3 aliphatic rings. The van der Waals surface area contributed by atoms with Crippen LogP contribution in [0.15, 0.2) is 29.3 Å². The van der Waals surface area contributed by atoms with E-state index in [-0.39, 0.29) is 35.5 Å². The minimum absolute atomic E-state index is 0.0136. The number of thiophene rings is 1. The molecule has 0 spiro atoms. The first-order chi connectivity index (χ1) is 13.1. The van der Waals surface area contributed by atoms with Gasteiger partial charge in [-0.1, -0.05) is 12.2 Å². The highest BCUT2D eigenvalue weighted by Gasteiger charge is 2.58. The normalized spacial score (nSPS) is 29.0. The lowest BCUT2D eigenvalue weighted by Crippen LogP contribution is -2.43. The number of aryl methyl sites for hydroxylation is 1. The molecule has 1 saturated carbocycles. The number of nitrogens with zero attached hydrogens (tertiary/aromatic N) is 2. The Morgan fingerprint density at radius 1 is 1.19 bits per heavy atom. The molecule has 1 aromatic heterocycles. The minimum atomic E-state index is -0.114. The van der Waals surface area contributed by atoms with E-state index in [0.717, 1.165) is 13.0 Å². The van der Waals surface area contributed by atoms with Gasteiger partial charge in [0.1, 0.15) is 0 Å². The van der Waals surface area contributed by atoms with E-state index in [9.17, 15) is 9.59 Å². The van der Waals surface area contributed by atoms with Gasteiger partial charge in [0, 0.05) is 29.4 Å². The summed E-state index contributed by atoms with van der Waals surface area (Å²) in [6.45, 7) is 6.39. The van der Waals surface area contributed by atoms with Crippen LogP contribution in [0.25, 0.3) is 0 Å². The maximum atomic E-state index is 12.7. The summed E-state index contributed by atoms with van der Waals surface area (Å²) >= 11 is 1.74. The van der Waals surface area contributed by atoms with Crippen LogP contribution in [0.2, 0.25) is 0 Å². The fourth-order valence-electron chi connectivity index (χ4n) is 4.54. The van der Waals surface area contributed by atoms with Gasteiger partial charge >= 0.3 is 0 Å². The Labute approximate surface area is 163 Å². The Morgan fingerprint density at radius 2 is 1.89 bits per heavy atom. The lowest BCUT2D eigenvalue weighted by molar-refractivity contribution is -0.140. The number of fused-ring (bicyclic) bond motifs is 5.